The van der Waals surface area contributed by atoms with Gasteiger partial charge in [-0.2, -0.15) is 29.2 Å². The lowest BCUT2D eigenvalue weighted by Crippen LogP contribution is -2.36. The van der Waals surface area contributed by atoms with Crippen molar-refractivity contribution in [2.24, 2.45) is 0 Å². The molecular formula is C26H26F3N5O4S. The van der Waals surface area contributed by atoms with Crippen molar-refractivity contribution in [2.75, 3.05) is 24.7 Å². The number of nitrogens with one attached hydrogen (secondary N) is 1. The van der Waals surface area contributed by atoms with E-state index < -0.39 is 40.2 Å². The van der Waals surface area contributed by atoms with Gasteiger partial charge < -0.3 is 9.30 Å². The summed E-state index contributed by atoms with van der Waals surface area (Å²) in [7, 11) is 0. The van der Waals surface area contributed by atoms with Gasteiger partial charge >= 0.3 is 11.7 Å². The van der Waals surface area contributed by atoms with Crippen LogP contribution in [0.3, 0.4) is 0 Å². The number of aromatic nitrogens is 4. The molecule has 206 valence electrons. The van der Waals surface area contributed by atoms with Crippen molar-refractivity contribution < 1.29 is 27.5 Å². The first kappa shape index (κ1) is 25.7. The Morgan fingerprint density at radius 3 is 2.59 bits per heavy atom. The van der Waals surface area contributed by atoms with E-state index in [1.807, 2.05) is 6.08 Å². The van der Waals surface area contributed by atoms with E-state index in [0.717, 1.165) is 22.5 Å². The SMILES string of the molecule is Cc1c(Cn2c(CN3C(=O)C4=C(CCC=C4)C3=O)nc(=O)c3c2[nH]n3[SH]2CCOCC2)cccc1C(F)(F)F. The zero-order valence-electron chi connectivity index (χ0n) is 21.0. The van der Waals surface area contributed by atoms with Crippen molar-refractivity contribution >= 4 is 34.1 Å². The average Bonchev–Trinajstić information content (AvgIpc) is 3.12. The number of benzene rings is 1. The van der Waals surface area contributed by atoms with E-state index in [-0.39, 0.29) is 24.5 Å². The predicted molar refractivity (Wildman–Crippen MR) is 140 cm³/mol. The Balaban J connectivity index is 1.44. The molecule has 2 aliphatic heterocycles. The van der Waals surface area contributed by atoms with Gasteiger partial charge in [0.25, 0.3) is 11.8 Å². The Kier molecular flexibility index (Phi) is 6.29. The summed E-state index contributed by atoms with van der Waals surface area (Å²) < 4.78 is 49.8. The molecule has 1 saturated heterocycles. The molecule has 4 heterocycles. The summed E-state index contributed by atoms with van der Waals surface area (Å²) in [5.74, 6) is 0.741. The van der Waals surface area contributed by atoms with Gasteiger partial charge in [-0.05, 0) is 37.0 Å². The quantitative estimate of drug-likeness (QED) is 0.368. The standard InChI is InChI=1S/C26H26F3N5O4S/c1-15-16(5-4-8-19(15)26(27,28)29)13-32-20(14-33-24(36)17-6-2-3-7-18(17)25(33)37)30-23(35)21-22(32)31-34(21)39-11-9-38-10-12-39/h2,4-6,8,31,39H,3,7,9-14H2,1H3. The van der Waals surface area contributed by atoms with E-state index in [1.165, 1.54) is 13.0 Å². The number of H-pyrrole nitrogens is 1. The van der Waals surface area contributed by atoms with Crippen molar-refractivity contribution in [1.82, 2.24) is 23.6 Å². The molecule has 3 aromatic rings. The molecule has 1 fully saturated rings. The Morgan fingerprint density at radius 2 is 1.87 bits per heavy atom. The number of rotatable bonds is 5. The summed E-state index contributed by atoms with van der Waals surface area (Å²) in [4.78, 5) is 44.7. The number of amides is 2. The maximum Gasteiger partial charge on any atom is 0.416 e. The third kappa shape index (κ3) is 4.33. The van der Waals surface area contributed by atoms with Crippen LogP contribution < -0.4 is 5.56 Å². The fourth-order valence-corrected chi connectivity index (χ4v) is 7.36. The minimum atomic E-state index is -4.52. The first-order chi connectivity index (χ1) is 18.6. The molecule has 2 aromatic heterocycles. The summed E-state index contributed by atoms with van der Waals surface area (Å²) >= 11 is -0.732. The smallest absolute Gasteiger partial charge is 0.380 e. The van der Waals surface area contributed by atoms with E-state index >= 15 is 0 Å². The maximum absolute atomic E-state index is 13.6. The molecule has 1 aromatic carbocycles. The Morgan fingerprint density at radius 1 is 1.10 bits per heavy atom. The van der Waals surface area contributed by atoms with Crippen LogP contribution in [-0.4, -0.2) is 60.2 Å². The molecule has 9 nitrogen and oxygen atoms in total. The molecule has 2 amide bonds. The largest absolute Gasteiger partial charge is 0.416 e. The minimum Gasteiger partial charge on any atom is -0.380 e. The van der Waals surface area contributed by atoms with Gasteiger partial charge in [0.15, 0.2) is 11.2 Å². The molecule has 13 heteroatoms. The number of carbonyl (C=O) groups is 2. The van der Waals surface area contributed by atoms with Crippen LogP contribution in [0.25, 0.3) is 11.2 Å². The number of allylic oxidation sites excluding steroid dienone is 1. The highest BCUT2D eigenvalue weighted by molar-refractivity contribution is 8.15. The van der Waals surface area contributed by atoms with Crippen LogP contribution in [0.5, 0.6) is 0 Å². The summed E-state index contributed by atoms with van der Waals surface area (Å²) in [6.45, 7) is 2.25. The number of ether oxygens (including phenoxy) is 1. The number of hydrogen-bond acceptors (Lipinski definition) is 5. The van der Waals surface area contributed by atoms with Gasteiger partial charge in [0.1, 0.15) is 5.82 Å². The van der Waals surface area contributed by atoms with Gasteiger partial charge in [0, 0.05) is 22.7 Å². The van der Waals surface area contributed by atoms with Crippen LogP contribution in [0.4, 0.5) is 13.2 Å². The van der Waals surface area contributed by atoms with Gasteiger partial charge in [-0.1, -0.05) is 24.3 Å². The van der Waals surface area contributed by atoms with Crippen molar-refractivity contribution in [3.8, 4) is 0 Å². The van der Waals surface area contributed by atoms with Gasteiger partial charge in [0.2, 0.25) is 0 Å². The van der Waals surface area contributed by atoms with Gasteiger partial charge in [-0.15, -0.1) is 0 Å². The Labute approximate surface area is 223 Å². The van der Waals surface area contributed by atoms with Crippen LogP contribution in [0.15, 0.2) is 46.3 Å². The number of imide groups is 1. The summed E-state index contributed by atoms with van der Waals surface area (Å²) in [6, 6.07) is 3.96. The number of carbonyl (C=O) groups excluding carboxylic acids is 2. The number of alkyl halides is 3. The van der Waals surface area contributed by atoms with Crippen LogP contribution in [0, 0.1) is 6.92 Å². The number of aromatic amines is 1. The van der Waals surface area contributed by atoms with Crippen LogP contribution >= 0.6 is 11.1 Å². The molecule has 1 aliphatic carbocycles. The zero-order chi connectivity index (χ0) is 27.5. The Hall–Kier alpha value is -3.58. The lowest BCUT2D eigenvalue weighted by atomic mass is 10.00. The molecule has 0 saturated carbocycles. The fraction of sp³-hybridized carbons (Fsp3) is 0.385. The molecule has 6 rings (SSSR count). The summed E-state index contributed by atoms with van der Waals surface area (Å²) in [5.41, 5.74) is 0.706. The third-order valence-corrected chi connectivity index (χ3v) is 9.73. The first-order valence-electron chi connectivity index (χ1n) is 12.6. The monoisotopic (exact) mass is 561 g/mol. The minimum absolute atomic E-state index is 0.0359. The maximum atomic E-state index is 13.6. The molecule has 0 spiro atoms. The first-order valence-corrected chi connectivity index (χ1v) is 14.3. The highest BCUT2D eigenvalue weighted by Gasteiger charge is 2.39. The van der Waals surface area contributed by atoms with E-state index in [2.05, 4.69) is 10.1 Å². The second-order valence-electron chi connectivity index (χ2n) is 9.72. The van der Waals surface area contributed by atoms with Crippen molar-refractivity contribution in [2.45, 2.75) is 39.0 Å². The average molecular weight is 562 g/mol. The van der Waals surface area contributed by atoms with Crippen molar-refractivity contribution in [3.63, 3.8) is 0 Å². The molecule has 0 bridgehead atoms. The van der Waals surface area contributed by atoms with Crippen LogP contribution in [0.1, 0.15) is 35.4 Å². The highest BCUT2D eigenvalue weighted by atomic mass is 32.2. The highest BCUT2D eigenvalue weighted by Crippen LogP contribution is 2.36. The Bertz CT molecular complexity index is 1620. The van der Waals surface area contributed by atoms with E-state index in [4.69, 9.17) is 4.74 Å². The topological polar surface area (TPSA) is 102 Å². The second-order valence-corrected chi connectivity index (χ2v) is 12.0. The van der Waals surface area contributed by atoms with E-state index in [0.29, 0.717) is 53.9 Å². The van der Waals surface area contributed by atoms with E-state index in [9.17, 15) is 27.6 Å². The van der Waals surface area contributed by atoms with E-state index in [1.54, 1.807) is 20.8 Å². The van der Waals surface area contributed by atoms with Crippen molar-refractivity contribution in [1.29, 1.82) is 0 Å². The normalized spacial score (nSPS) is 19.1. The van der Waals surface area contributed by atoms with Gasteiger partial charge in [-0.25, -0.2) is 4.09 Å². The third-order valence-electron chi connectivity index (χ3n) is 7.46. The van der Waals surface area contributed by atoms with Gasteiger partial charge in [0.05, 0.1) is 31.9 Å². The second kappa shape index (κ2) is 9.56. The van der Waals surface area contributed by atoms with Gasteiger partial charge in [-0.3, -0.25) is 24.4 Å². The zero-order valence-corrected chi connectivity index (χ0v) is 21.9. The molecular weight excluding hydrogens is 535 g/mol. The predicted octanol–water partition coefficient (Wildman–Crippen LogP) is 3.21. The number of thiol groups is 1. The number of nitrogens with zero attached hydrogens (tertiary/aromatic N) is 4. The molecule has 39 heavy (non-hydrogen) atoms. The fourth-order valence-electron chi connectivity index (χ4n) is 5.36. The van der Waals surface area contributed by atoms with Crippen LogP contribution in [-0.2, 0) is 33.6 Å². The number of halogens is 3. The lowest BCUT2D eigenvalue weighted by Gasteiger charge is -2.33. The molecule has 3 aliphatic rings. The number of hydrogen-bond donors (Lipinski definition) is 2. The van der Waals surface area contributed by atoms with Crippen LogP contribution in [0.2, 0.25) is 0 Å². The molecule has 0 radical (unpaired) electrons. The number of fused-ring (bicyclic) bond motifs is 1. The summed E-state index contributed by atoms with van der Waals surface area (Å²) in [5, 5.41) is 3.22. The molecule has 1 N–H and O–H groups in total. The molecule has 0 unspecified atom stereocenters. The lowest BCUT2D eigenvalue weighted by molar-refractivity contribution is -0.139. The molecule has 0 atom stereocenters. The summed E-state index contributed by atoms with van der Waals surface area (Å²) in [6.07, 6.45) is 0.0441. The van der Waals surface area contributed by atoms with Crippen molar-refractivity contribution in [3.05, 3.63) is 74.4 Å².